The molecule has 2 aromatic rings. The third-order valence-electron chi connectivity index (χ3n) is 3.22. The fraction of sp³-hybridized carbons (Fsp3) is 0.312. The van der Waals surface area contributed by atoms with E-state index in [1.807, 2.05) is 13.0 Å². The van der Waals surface area contributed by atoms with Crippen molar-refractivity contribution >= 4 is 19.2 Å². The molecule has 0 bridgehead atoms. The maximum Gasteiger partial charge on any atom is 0.374 e. The van der Waals surface area contributed by atoms with E-state index in [2.05, 4.69) is 36.5 Å². The Balaban J connectivity index is 2.20. The van der Waals surface area contributed by atoms with Crippen LogP contribution in [0.15, 0.2) is 34.7 Å². The quantitative estimate of drug-likeness (QED) is 0.638. The van der Waals surface area contributed by atoms with Gasteiger partial charge in [-0.2, -0.15) is 0 Å². The van der Waals surface area contributed by atoms with Crippen molar-refractivity contribution in [1.29, 1.82) is 0 Å². The summed E-state index contributed by atoms with van der Waals surface area (Å²) < 4.78 is 15.6. The maximum absolute atomic E-state index is 11.3. The highest BCUT2D eigenvalue weighted by Crippen LogP contribution is 2.26. The van der Waals surface area contributed by atoms with Gasteiger partial charge in [-0.05, 0) is 24.6 Å². The first-order valence-electron chi connectivity index (χ1n) is 6.78. The van der Waals surface area contributed by atoms with Crippen LogP contribution in [0.4, 0.5) is 0 Å². The van der Waals surface area contributed by atoms with Crippen LogP contribution >= 0.6 is 0 Å². The summed E-state index contributed by atoms with van der Waals surface area (Å²) >= 11 is 0. The van der Waals surface area contributed by atoms with Crippen LogP contribution in [0.1, 0.15) is 16.1 Å². The standard InChI is InChI=1S/C16H20O4Si/c1-11-10-12(21(3,4)5)6-7-13(11)19-15-9-8-14(20-15)16(17)18-2/h6-10H,1-5H3. The van der Waals surface area contributed by atoms with Gasteiger partial charge in [0.15, 0.2) is 0 Å². The molecule has 0 unspecified atom stereocenters. The van der Waals surface area contributed by atoms with Crippen molar-refractivity contribution in [2.75, 3.05) is 7.11 Å². The monoisotopic (exact) mass is 304 g/mol. The zero-order valence-corrected chi connectivity index (χ0v) is 14.0. The van der Waals surface area contributed by atoms with E-state index in [1.54, 1.807) is 6.07 Å². The molecule has 0 aliphatic carbocycles. The van der Waals surface area contributed by atoms with Gasteiger partial charge in [0.2, 0.25) is 5.76 Å². The molecule has 112 valence electrons. The molecule has 1 heterocycles. The Labute approximate surface area is 125 Å². The number of carbonyl (C=O) groups is 1. The fourth-order valence-corrected chi connectivity index (χ4v) is 3.16. The van der Waals surface area contributed by atoms with Crippen molar-refractivity contribution < 1.29 is 18.7 Å². The van der Waals surface area contributed by atoms with Crippen LogP contribution in [0, 0.1) is 6.92 Å². The van der Waals surface area contributed by atoms with E-state index in [9.17, 15) is 4.79 Å². The first-order chi connectivity index (χ1) is 9.81. The van der Waals surface area contributed by atoms with Gasteiger partial charge in [0, 0.05) is 6.07 Å². The van der Waals surface area contributed by atoms with Crippen LogP contribution in [0.3, 0.4) is 0 Å². The zero-order chi connectivity index (χ0) is 15.6. The van der Waals surface area contributed by atoms with Gasteiger partial charge < -0.3 is 13.9 Å². The second kappa shape index (κ2) is 5.77. The Kier molecular flexibility index (Phi) is 4.23. The van der Waals surface area contributed by atoms with Gasteiger partial charge in [0.05, 0.1) is 15.2 Å². The summed E-state index contributed by atoms with van der Waals surface area (Å²) in [6.07, 6.45) is 0. The minimum absolute atomic E-state index is 0.129. The zero-order valence-electron chi connectivity index (χ0n) is 13.0. The van der Waals surface area contributed by atoms with E-state index in [4.69, 9.17) is 9.15 Å². The first-order valence-corrected chi connectivity index (χ1v) is 10.3. The molecule has 0 spiro atoms. The van der Waals surface area contributed by atoms with Crippen molar-refractivity contribution in [2.45, 2.75) is 26.6 Å². The van der Waals surface area contributed by atoms with Crippen LogP contribution in [0.2, 0.25) is 19.6 Å². The average molecular weight is 304 g/mol. The van der Waals surface area contributed by atoms with Gasteiger partial charge >= 0.3 is 5.97 Å². The molecule has 4 nitrogen and oxygen atoms in total. The largest absolute Gasteiger partial charge is 0.463 e. The summed E-state index contributed by atoms with van der Waals surface area (Å²) in [7, 11) is -0.0254. The molecular weight excluding hydrogens is 284 g/mol. The van der Waals surface area contributed by atoms with E-state index in [-0.39, 0.29) is 11.7 Å². The molecule has 0 aliphatic heterocycles. The third-order valence-corrected chi connectivity index (χ3v) is 5.26. The molecule has 2 rings (SSSR count). The molecule has 1 aromatic heterocycles. The van der Waals surface area contributed by atoms with Crippen molar-refractivity contribution in [3.05, 3.63) is 41.7 Å². The highest BCUT2D eigenvalue weighted by Gasteiger charge is 2.18. The number of hydrogen-bond donors (Lipinski definition) is 0. The Morgan fingerprint density at radius 3 is 2.43 bits per heavy atom. The molecule has 0 fully saturated rings. The van der Waals surface area contributed by atoms with Gasteiger partial charge in [-0.3, -0.25) is 0 Å². The number of carbonyl (C=O) groups excluding carboxylic acids is 1. The second-order valence-corrected chi connectivity index (χ2v) is 11.0. The number of furan rings is 1. The van der Waals surface area contributed by atoms with E-state index in [0.29, 0.717) is 0 Å². The highest BCUT2D eigenvalue weighted by atomic mass is 28.3. The Hall–Kier alpha value is -2.01. The predicted molar refractivity (Wildman–Crippen MR) is 84.3 cm³/mol. The minimum Gasteiger partial charge on any atom is -0.463 e. The number of aryl methyl sites for hydroxylation is 1. The van der Waals surface area contributed by atoms with Crippen molar-refractivity contribution in [1.82, 2.24) is 0 Å². The van der Waals surface area contributed by atoms with E-state index >= 15 is 0 Å². The number of methoxy groups -OCH3 is 1. The molecular formula is C16H20O4Si. The van der Waals surface area contributed by atoms with Crippen LogP contribution in [0.25, 0.3) is 0 Å². The lowest BCUT2D eigenvalue weighted by Gasteiger charge is -2.18. The van der Waals surface area contributed by atoms with E-state index in [0.717, 1.165) is 11.3 Å². The van der Waals surface area contributed by atoms with Crippen LogP contribution in [0.5, 0.6) is 11.7 Å². The maximum atomic E-state index is 11.3. The summed E-state index contributed by atoms with van der Waals surface area (Å²) in [5.74, 6) is 0.613. The summed E-state index contributed by atoms with van der Waals surface area (Å²) in [5.41, 5.74) is 1.05. The smallest absolute Gasteiger partial charge is 0.374 e. The lowest BCUT2D eigenvalue weighted by Crippen LogP contribution is -2.37. The van der Waals surface area contributed by atoms with Gasteiger partial charge in [0.25, 0.3) is 5.95 Å². The van der Waals surface area contributed by atoms with E-state index < -0.39 is 14.0 Å². The van der Waals surface area contributed by atoms with E-state index in [1.165, 1.54) is 18.4 Å². The molecule has 5 heteroatoms. The predicted octanol–water partition coefficient (Wildman–Crippen LogP) is 3.71. The van der Waals surface area contributed by atoms with Crippen LogP contribution in [-0.4, -0.2) is 21.2 Å². The molecule has 21 heavy (non-hydrogen) atoms. The topological polar surface area (TPSA) is 48.7 Å². The minimum atomic E-state index is -1.34. The summed E-state index contributed by atoms with van der Waals surface area (Å²) in [5, 5.41) is 1.38. The summed E-state index contributed by atoms with van der Waals surface area (Å²) in [6, 6.07) is 9.35. The Bertz CT molecular complexity index is 653. The first kappa shape index (κ1) is 15.4. The fourth-order valence-electron chi connectivity index (χ4n) is 1.92. The molecule has 0 amide bonds. The number of esters is 1. The molecule has 0 atom stereocenters. The molecule has 0 saturated heterocycles. The number of benzene rings is 1. The number of ether oxygens (including phenoxy) is 2. The van der Waals surface area contributed by atoms with Crippen molar-refractivity contribution in [3.63, 3.8) is 0 Å². The molecule has 0 aliphatic rings. The second-order valence-electron chi connectivity index (χ2n) is 5.94. The van der Waals surface area contributed by atoms with Crippen LogP contribution in [-0.2, 0) is 4.74 Å². The Morgan fingerprint density at radius 2 is 1.86 bits per heavy atom. The van der Waals surface area contributed by atoms with Gasteiger partial charge in [-0.15, -0.1) is 0 Å². The lowest BCUT2D eigenvalue weighted by atomic mass is 10.2. The Morgan fingerprint density at radius 1 is 1.14 bits per heavy atom. The summed E-state index contributed by atoms with van der Waals surface area (Å²) in [4.78, 5) is 11.3. The molecule has 0 radical (unpaired) electrons. The lowest BCUT2D eigenvalue weighted by molar-refractivity contribution is 0.0560. The van der Waals surface area contributed by atoms with Gasteiger partial charge in [-0.1, -0.05) is 37.0 Å². The molecule has 1 aromatic carbocycles. The molecule has 0 saturated carbocycles. The third kappa shape index (κ3) is 3.55. The average Bonchev–Trinajstić information content (AvgIpc) is 2.87. The van der Waals surface area contributed by atoms with Crippen molar-refractivity contribution in [3.8, 4) is 11.7 Å². The van der Waals surface area contributed by atoms with Gasteiger partial charge in [0.1, 0.15) is 5.75 Å². The van der Waals surface area contributed by atoms with Gasteiger partial charge in [-0.25, -0.2) is 4.79 Å². The number of rotatable bonds is 4. The molecule has 0 N–H and O–H groups in total. The summed E-state index contributed by atoms with van der Waals surface area (Å²) in [6.45, 7) is 8.91. The normalized spacial score (nSPS) is 11.3. The number of hydrogen-bond acceptors (Lipinski definition) is 4. The van der Waals surface area contributed by atoms with Crippen molar-refractivity contribution in [2.24, 2.45) is 0 Å². The van der Waals surface area contributed by atoms with Crippen LogP contribution < -0.4 is 9.92 Å². The SMILES string of the molecule is COC(=O)c1ccc(Oc2ccc([Si](C)(C)C)cc2C)o1. The highest BCUT2D eigenvalue weighted by molar-refractivity contribution is 6.88.